The lowest BCUT2D eigenvalue weighted by Crippen LogP contribution is -2.56. The van der Waals surface area contributed by atoms with Crippen LogP contribution >= 0.6 is 0 Å². The zero-order valence-electron chi connectivity index (χ0n) is 15.6. The van der Waals surface area contributed by atoms with Crippen molar-refractivity contribution in [2.24, 2.45) is 13.0 Å². The lowest BCUT2D eigenvalue weighted by molar-refractivity contribution is 0.0847. The van der Waals surface area contributed by atoms with E-state index in [4.69, 9.17) is 4.74 Å². The Kier molecular flexibility index (Phi) is 5.28. The summed E-state index contributed by atoms with van der Waals surface area (Å²) in [4.78, 5) is 29.0. The molecule has 4 rings (SSSR count). The molecule has 0 N–H and O–H groups in total. The van der Waals surface area contributed by atoms with Crippen molar-refractivity contribution in [2.45, 2.75) is 25.3 Å². The van der Waals surface area contributed by atoms with Crippen molar-refractivity contribution in [2.75, 3.05) is 37.7 Å². The third-order valence-electron chi connectivity index (χ3n) is 5.44. The molecule has 2 saturated heterocycles. The van der Waals surface area contributed by atoms with E-state index in [0.717, 1.165) is 38.5 Å². The Morgan fingerprint density at radius 2 is 2.04 bits per heavy atom. The van der Waals surface area contributed by atoms with Gasteiger partial charge in [0.2, 0.25) is 11.8 Å². The molecule has 27 heavy (non-hydrogen) atoms. The van der Waals surface area contributed by atoms with Crippen LogP contribution in [-0.2, 0) is 7.05 Å². The number of nitrogens with zero attached hydrogens (tertiary/aromatic N) is 7. The molecule has 9 heteroatoms. The first-order valence-electron chi connectivity index (χ1n) is 9.48. The minimum Gasteiger partial charge on any atom is -0.476 e. The number of piperidine rings is 1. The number of rotatable bonds is 5. The molecular formula is C18H25N7O2. The van der Waals surface area contributed by atoms with Crippen LogP contribution in [-0.4, -0.2) is 68.5 Å². The minimum atomic E-state index is -0.395. The monoisotopic (exact) mass is 371 g/mol. The average Bonchev–Trinajstić information content (AvgIpc) is 2.71. The lowest BCUT2D eigenvalue weighted by atomic mass is 9.89. The average molecular weight is 371 g/mol. The van der Waals surface area contributed by atoms with E-state index < -0.39 is 5.69 Å². The molecule has 2 atom stereocenters. The van der Waals surface area contributed by atoms with Crippen molar-refractivity contribution in [3.8, 4) is 5.88 Å². The molecule has 4 heterocycles. The molecule has 0 bridgehead atoms. The van der Waals surface area contributed by atoms with Gasteiger partial charge in [-0.05, 0) is 31.2 Å². The van der Waals surface area contributed by atoms with Gasteiger partial charge in [0.15, 0.2) is 0 Å². The van der Waals surface area contributed by atoms with E-state index in [2.05, 4.69) is 29.9 Å². The number of hydrogen-bond donors (Lipinski definition) is 0. The van der Waals surface area contributed by atoms with Gasteiger partial charge in [0.25, 0.3) is 0 Å². The van der Waals surface area contributed by atoms with E-state index in [-0.39, 0.29) is 0 Å². The van der Waals surface area contributed by atoms with Gasteiger partial charge in [-0.3, -0.25) is 4.90 Å². The molecule has 0 radical (unpaired) electrons. The second-order valence-electron chi connectivity index (χ2n) is 7.22. The summed E-state index contributed by atoms with van der Waals surface area (Å²) in [7, 11) is 1.57. The van der Waals surface area contributed by atoms with Crippen LogP contribution in [0.4, 0.5) is 5.95 Å². The summed E-state index contributed by atoms with van der Waals surface area (Å²) in [5, 5.41) is 3.92. The molecule has 2 aliphatic heterocycles. The molecule has 2 fully saturated rings. The Labute approximate surface area is 158 Å². The van der Waals surface area contributed by atoms with Gasteiger partial charge >= 0.3 is 5.69 Å². The summed E-state index contributed by atoms with van der Waals surface area (Å²) in [6, 6.07) is 2.43. The zero-order valence-corrected chi connectivity index (χ0v) is 15.6. The van der Waals surface area contributed by atoms with E-state index >= 15 is 0 Å². The fraction of sp³-hybridized carbons (Fsp3) is 0.611. The topological polar surface area (TPSA) is 89.3 Å². The maximum absolute atomic E-state index is 11.5. The van der Waals surface area contributed by atoms with Gasteiger partial charge in [0.1, 0.15) is 6.20 Å². The number of fused-ring (bicyclic) bond motifs is 1. The normalized spacial score (nSPS) is 23.1. The standard InChI is InChI=1S/C18H25N7O2/c1-23-18(26)22-16(11-21-23)27-10-5-14-3-4-15-13-25(9-8-24(15)12-14)17-19-6-2-7-20-17/h2,6-7,11,14-15H,3-5,8-10,12-13H2,1H3/t14-,15+/m1/s1. The number of piperazine rings is 1. The van der Waals surface area contributed by atoms with Crippen LogP contribution in [0.15, 0.2) is 29.5 Å². The van der Waals surface area contributed by atoms with Crippen molar-refractivity contribution in [3.63, 3.8) is 0 Å². The van der Waals surface area contributed by atoms with Crippen molar-refractivity contribution >= 4 is 5.95 Å². The fourth-order valence-corrected chi connectivity index (χ4v) is 3.91. The fourth-order valence-electron chi connectivity index (χ4n) is 3.91. The molecule has 0 amide bonds. The molecular weight excluding hydrogens is 346 g/mol. The first kappa shape index (κ1) is 17.8. The second-order valence-corrected chi connectivity index (χ2v) is 7.22. The number of aromatic nitrogens is 5. The van der Waals surface area contributed by atoms with E-state index in [1.807, 2.05) is 6.07 Å². The summed E-state index contributed by atoms with van der Waals surface area (Å²) < 4.78 is 6.81. The van der Waals surface area contributed by atoms with Crippen molar-refractivity contribution < 1.29 is 4.74 Å². The van der Waals surface area contributed by atoms with Crippen molar-refractivity contribution in [1.82, 2.24) is 29.6 Å². The highest BCUT2D eigenvalue weighted by molar-refractivity contribution is 5.30. The Morgan fingerprint density at radius 1 is 1.19 bits per heavy atom. The highest BCUT2D eigenvalue weighted by atomic mass is 16.5. The van der Waals surface area contributed by atoms with Crippen LogP contribution < -0.4 is 15.3 Å². The molecule has 9 nitrogen and oxygen atoms in total. The number of ether oxygens (including phenoxy) is 1. The molecule has 0 saturated carbocycles. The van der Waals surface area contributed by atoms with Gasteiger partial charge in [0, 0.05) is 51.7 Å². The van der Waals surface area contributed by atoms with Crippen LogP contribution in [0.1, 0.15) is 19.3 Å². The van der Waals surface area contributed by atoms with Gasteiger partial charge in [-0.1, -0.05) is 0 Å². The summed E-state index contributed by atoms with van der Waals surface area (Å²) in [6.07, 6.45) is 8.43. The summed E-state index contributed by atoms with van der Waals surface area (Å²) >= 11 is 0. The zero-order chi connectivity index (χ0) is 18.6. The quantitative estimate of drug-likeness (QED) is 0.743. The molecule has 0 unspecified atom stereocenters. The van der Waals surface area contributed by atoms with Gasteiger partial charge in [-0.15, -0.1) is 0 Å². The number of aryl methyl sites for hydroxylation is 1. The van der Waals surface area contributed by atoms with E-state index in [9.17, 15) is 4.79 Å². The summed E-state index contributed by atoms with van der Waals surface area (Å²) in [5.41, 5.74) is -0.395. The third kappa shape index (κ3) is 4.24. The van der Waals surface area contributed by atoms with Crippen molar-refractivity contribution in [1.29, 1.82) is 0 Å². The smallest absolute Gasteiger partial charge is 0.366 e. The SMILES string of the molecule is Cn1ncc(OCC[C@H]2CC[C@H]3CN(c4ncccn4)CCN3C2)nc1=O. The first-order chi connectivity index (χ1) is 13.2. The van der Waals surface area contributed by atoms with Crippen LogP contribution in [0.5, 0.6) is 5.88 Å². The van der Waals surface area contributed by atoms with Crippen LogP contribution in [0.2, 0.25) is 0 Å². The molecule has 2 aromatic heterocycles. The van der Waals surface area contributed by atoms with E-state index in [0.29, 0.717) is 24.4 Å². The summed E-state index contributed by atoms with van der Waals surface area (Å²) in [5.74, 6) is 1.76. The van der Waals surface area contributed by atoms with Crippen LogP contribution in [0, 0.1) is 5.92 Å². The predicted molar refractivity (Wildman–Crippen MR) is 99.7 cm³/mol. The maximum atomic E-state index is 11.5. The van der Waals surface area contributed by atoms with E-state index in [1.54, 1.807) is 19.4 Å². The van der Waals surface area contributed by atoms with Crippen LogP contribution in [0.3, 0.4) is 0 Å². The minimum absolute atomic E-state index is 0.309. The second kappa shape index (κ2) is 7.99. The highest BCUT2D eigenvalue weighted by Crippen LogP contribution is 2.28. The molecule has 2 aromatic rings. The highest BCUT2D eigenvalue weighted by Gasteiger charge is 2.33. The molecule has 144 valence electrons. The predicted octanol–water partition coefficient (Wildman–Crippen LogP) is 0.335. The molecule has 2 aliphatic rings. The van der Waals surface area contributed by atoms with Crippen LogP contribution in [0.25, 0.3) is 0 Å². The largest absolute Gasteiger partial charge is 0.476 e. The third-order valence-corrected chi connectivity index (χ3v) is 5.44. The Bertz CT molecular complexity index is 813. The Balaban J connectivity index is 1.25. The Morgan fingerprint density at radius 3 is 2.85 bits per heavy atom. The first-order valence-corrected chi connectivity index (χ1v) is 9.48. The molecule has 0 spiro atoms. The Hall–Kier alpha value is -2.55. The van der Waals surface area contributed by atoms with Gasteiger partial charge in [-0.25, -0.2) is 19.4 Å². The van der Waals surface area contributed by atoms with E-state index in [1.165, 1.54) is 23.7 Å². The number of hydrogen-bond acceptors (Lipinski definition) is 8. The van der Waals surface area contributed by atoms with Gasteiger partial charge < -0.3 is 9.64 Å². The summed E-state index contributed by atoms with van der Waals surface area (Å²) in [6.45, 7) is 4.66. The van der Waals surface area contributed by atoms with Gasteiger partial charge in [-0.2, -0.15) is 10.1 Å². The maximum Gasteiger partial charge on any atom is 0.366 e. The molecule has 0 aliphatic carbocycles. The number of anilines is 1. The lowest BCUT2D eigenvalue weighted by Gasteiger charge is -2.46. The van der Waals surface area contributed by atoms with Crippen molar-refractivity contribution in [3.05, 3.63) is 35.1 Å². The van der Waals surface area contributed by atoms with Gasteiger partial charge in [0.05, 0.1) is 6.61 Å². The molecule has 0 aromatic carbocycles.